The molecule has 6 nitrogen and oxygen atoms in total. The highest BCUT2D eigenvalue weighted by Crippen LogP contribution is 2.24. The molecule has 2 aromatic rings. The quantitative estimate of drug-likeness (QED) is 0.375. The van der Waals surface area contributed by atoms with Crippen molar-refractivity contribution in [3.05, 3.63) is 45.7 Å². The second-order valence-electron chi connectivity index (χ2n) is 4.51. The van der Waals surface area contributed by atoms with Crippen molar-refractivity contribution in [2.24, 2.45) is 10.9 Å². The second-order valence-corrected chi connectivity index (χ2v) is 5.42. The molecule has 0 aliphatic carbocycles. The smallest absolute Gasteiger partial charge is 0.173 e. The lowest BCUT2D eigenvalue weighted by Gasteiger charge is -2.11. The number of hydrogen-bond donors (Lipinski definition) is 2. The first-order valence-corrected chi connectivity index (χ1v) is 7.28. The largest absolute Gasteiger partial charge is 0.487 e. The molecule has 0 aliphatic rings. The van der Waals surface area contributed by atoms with Crippen molar-refractivity contribution in [2.45, 2.75) is 27.0 Å². The summed E-state index contributed by atoms with van der Waals surface area (Å²) >= 11 is 3.35. The molecule has 21 heavy (non-hydrogen) atoms. The van der Waals surface area contributed by atoms with Gasteiger partial charge in [-0.2, -0.15) is 5.10 Å². The Labute approximate surface area is 131 Å². The van der Waals surface area contributed by atoms with Gasteiger partial charge < -0.3 is 15.7 Å². The summed E-state index contributed by atoms with van der Waals surface area (Å²) in [7, 11) is 0. The van der Waals surface area contributed by atoms with Crippen LogP contribution in [-0.4, -0.2) is 20.8 Å². The van der Waals surface area contributed by atoms with Crippen molar-refractivity contribution >= 4 is 21.8 Å². The Kier molecular flexibility index (Phi) is 4.85. The third-order valence-electron chi connectivity index (χ3n) is 2.99. The molecule has 0 unspecified atom stereocenters. The van der Waals surface area contributed by atoms with Gasteiger partial charge in [0, 0.05) is 11.0 Å². The van der Waals surface area contributed by atoms with E-state index in [1.165, 1.54) is 0 Å². The molecular weight excluding hydrogens is 336 g/mol. The lowest BCUT2D eigenvalue weighted by atomic mass is 10.2. The van der Waals surface area contributed by atoms with E-state index in [9.17, 15) is 0 Å². The van der Waals surface area contributed by atoms with Gasteiger partial charge in [0.05, 0.1) is 17.0 Å². The molecule has 0 radical (unpaired) electrons. The molecule has 7 heteroatoms. The van der Waals surface area contributed by atoms with E-state index in [1.807, 2.05) is 30.7 Å². The van der Waals surface area contributed by atoms with Crippen LogP contribution in [0, 0.1) is 6.92 Å². The van der Waals surface area contributed by atoms with E-state index >= 15 is 0 Å². The zero-order chi connectivity index (χ0) is 15.4. The van der Waals surface area contributed by atoms with Crippen molar-refractivity contribution < 1.29 is 9.94 Å². The number of aryl methyl sites for hydroxylation is 2. The number of benzene rings is 1. The van der Waals surface area contributed by atoms with Gasteiger partial charge in [-0.25, -0.2) is 0 Å². The van der Waals surface area contributed by atoms with E-state index in [-0.39, 0.29) is 5.84 Å². The predicted octanol–water partition coefficient (Wildman–Crippen LogP) is 2.65. The summed E-state index contributed by atoms with van der Waals surface area (Å²) < 4.78 is 8.51. The molecule has 112 valence electrons. The van der Waals surface area contributed by atoms with Crippen LogP contribution < -0.4 is 10.5 Å². The number of oxime groups is 1. The van der Waals surface area contributed by atoms with E-state index in [0.717, 1.165) is 22.4 Å². The van der Waals surface area contributed by atoms with Crippen LogP contribution in [0.3, 0.4) is 0 Å². The third kappa shape index (κ3) is 3.55. The molecule has 0 fully saturated rings. The molecule has 0 aliphatic heterocycles. The topological polar surface area (TPSA) is 85.7 Å². The number of ether oxygens (including phenoxy) is 1. The SMILES string of the molecule is CCn1nc(C)cc1COc1ccc(Br)cc1/C(N)=N/O. The highest BCUT2D eigenvalue weighted by Gasteiger charge is 2.11. The van der Waals surface area contributed by atoms with E-state index in [4.69, 9.17) is 15.7 Å². The predicted molar refractivity (Wildman–Crippen MR) is 83.6 cm³/mol. The zero-order valence-corrected chi connectivity index (χ0v) is 13.5. The van der Waals surface area contributed by atoms with Crippen molar-refractivity contribution in [3.63, 3.8) is 0 Å². The van der Waals surface area contributed by atoms with Crippen molar-refractivity contribution in [3.8, 4) is 5.75 Å². The van der Waals surface area contributed by atoms with Crippen molar-refractivity contribution in [2.75, 3.05) is 0 Å². The number of nitrogens with zero attached hydrogens (tertiary/aromatic N) is 3. The fourth-order valence-electron chi connectivity index (χ4n) is 2.02. The van der Waals surface area contributed by atoms with Crippen molar-refractivity contribution in [1.29, 1.82) is 0 Å². The lowest BCUT2D eigenvalue weighted by Crippen LogP contribution is -2.15. The molecule has 0 atom stereocenters. The minimum atomic E-state index is 0.00600. The molecule has 2 rings (SSSR count). The maximum atomic E-state index is 8.85. The summed E-state index contributed by atoms with van der Waals surface area (Å²) in [6.07, 6.45) is 0. The van der Waals surface area contributed by atoms with E-state index in [1.54, 1.807) is 12.1 Å². The summed E-state index contributed by atoms with van der Waals surface area (Å²) in [5.74, 6) is 0.557. The van der Waals surface area contributed by atoms with Crippen LogP contribution in [0.1, 0.15) is 23.9 Å². The van der Waals surface area contributed by atoms with Crippen LogP contribution >= 0.6 is 15.9 Å². The minimum absolute atomic E-state index is 0.00600. The van der Waals surface area contributed by atoms with Crippen LogP contribution in [0.4, 0.5) is 0 Å². The lowest BCUT2D eigenvalue weighted by molar-refractivity contribution is 0.290. The number of rotatable bonds is 5. The maximum absolute atomic E-state index is 8.85. The number of halogens is 1. The Morgan fingerprint density at radius 3 is 2.90 bits per heavy atom. The van der Waals surface area contributed by atoms with E-state index in [2.05, 4.69) is 26.2 Å². The molecule has 1 aromatic heterocycles. The van der Waals surface area contributed by atoms with Gasteiger partial charge in [-0.05, 0) is 38.1 Å². The van der Waals surface area contributed by atoms with Gasteiger partial charge in [0.15, 0.2) is 5.84 Å². The molecule has 1 heterocycles. The molecule has 0 spiro atoms. The van der Waals surface area contributed by atoms with Gasteiger partial charge in [0.2, 0.25) is 0 Å². The van der Waals surface area contributed by atoms with Crippen molar-refractivity contribution in [1.82, 2.24) is 9.78 Å². The first-order valence-electron chi connectivity index (χ1n) is 6.48. The summed E-state index contributed by atoms with van der Waals surface area (Å²) in [6, 6.07) is 7.33. The normalized spacial score (nSPS) is 11.7. The summed E-state index contributed by atoms with van der Waals surface area (Å²) in [5.41, 5.74) is 8.13. The number of nitrogens with two attached hydrogens (primary N) is 1. The zero-order valence-electron chi connectivity index (χ0n) is 11.9. The Morgan fingerprint density at radius 2 is 2.24 bits per heavy atom. The molecular formula is C14H17BrN4O2. The Hall–Kier alpha value is -2.02. The van der Waals surface area contributed by atoms with Gasteiger partial charge in [-0.15, -0.1) is 0 Å². The number of aromatic nitrogens is 2. The van der Waals surface area contributed by atoms with Gasteiger partial charge in [0.25, 0.3) is 0 Å². The Bertz CT molecular complexity index is 667. The molecule has 3 N–H and O–H groups in total. The van der Waals surface area contributed by atoms with Gasteiger partial charge >= 0.3 is 0 Å². The fraction of sp³-hybridized carbons (Fsp3) is 0.286. The molecule has 1 aromatic carbocycles. The van der Waals surface area contributed by atoms with Gasteiger partial charge in [-0.1, -0.05) is 21.1 Å². The minimum Gasteiger partial charge on any atom is -0.487 e. The third-order valence-corrected chi connectivity index (χ3v) is 3.48. The second kappa shape index (κ2) is 6.62. The highest BCUT2D eigenvalue weighted by molar-refractivity contribution is 9.10. The fourth-order valence-corrected chi connectivity index (χ4v) is 2.38. The monoisotopic (exact) mass is 352 g/mol. The first-order chi connectivity index (χ1) is 10.0. The maximum Gasteiger partial charge on any atom is 0.173 e. The first kappa shape index (κ1) is 15.4. The number of amidine groups is 1. The molecule has 0 bridgehead atoms. The van der Waals surface area contributed by atoms with Crippen LogP contribution in [-0.2, 0) is 13.2 Å². The molecule has 0 saturated heterocycles. The molecule has 0 saturated carbocycles. The standard InChI is InChI=1S/C14H17BrN4O2/c1-3-19-11(6-9(2)17-19)8-21-13-5-4-10(15)7-12(13)14(16)18-20/h4-7,20H,3,8H2,1-2H3,(H2,16,18). The van der Waals surface area contributed by atoms with Gasteiger partial charge in [-0.3, -0.25) is 4.68 Å². The number of hydrogen-bond acceptors (Lipinski definition) is 4. The average molecular weight is 353 g/mol. The highest BCUT2D eigenvalue weighted by atomic mass is 79.9. The van der Waals surface area contributed by atoms with E-state index < -0.39 is 0 Å². The molecule has 0 amide bonds. The average Bonchev–Trinajstić information content (AvgIpc) is 2.85. The Balaban J connectivity index is 2.23. The van der Waals surface area contributed by atoms with Crippen LogP contribution in [0.15, 0.2) is 33.9 Å². The van der Waals surface area contributed by atoms with E-state index in [0.29, 0.717) is 17.9 Å². The summed E-state index contributed by atoms with van der Waals surface area (Å²) in [6.45, 7) is 5.11. The summed E-state index contributed by atoms with van der Waals surface area (Å²) in [4.78, 5) is 0. The van der Waals surface area contributed by atoms with Crippen LogP contribution in [0.25, 0.3) is 0 Å². The van der Waals surface area contributed by atoms with Crippen LogP contribution in [0.2, 0.25) is 0 Å². The Morgan fingerprint density at radius 1 is 1.48 bits per heavy atom. The summed E-state index contributed by atoms with van der Waals surface area (Å²) in [5, 5.41) is 16.3. The van der Waals surface area contributed by atoms with Gasteiger partial charge in [0.1, 0.15) is 12.4 Å². The van der Waals surface area contributed by atoms with Crippen LogP contribution in [0.5, 0.6) is 5.75 Å².